The third-order valence-corrected chi connectivity index (χ3v) is 4.60. The lowest BCUT2D eigenvalue weighted by molar-refractivity contribution is -0.114. The van der Waals surface area contributed by atoms with Gasteiger partial charge in [-0.25, -0.2) is 4.98 Å². The van der Waals surface area contributed by atoms with Crippen molar-refractivity contribution in [3.63, 3.8) is 0 Å². The molecule has 116 valence electrons. The minimum Gasteiger partial charge on any atom is -0.316 e. The van der Waals surface area contributed by atoms with Crippen molar-refractivity contribution < 1.29 is 4.79 Å². The molecular formula is C16H14N4OS2. The van der Waals surface area contributed by atoms with Crippen molar-refractivity contribution in [2.75, 3.05) is 10.7 Å². The SMILES string of the molecule is CC(=O)Nc1sc(NN=Cc2ccccc2)nc1-c1cccs1. The maximum Gasteiger partial charge on any atom is 0.221 e. The molecule has 0 aliphatic rings. The monoisotopic (exact) mass is 342 g/mol. The molecule has 0 fully saturated rings. The summed E-state index contributed by atoms with van der Waals surface area (Å²) in [5.74, 6) is -0.120. The molecule has 0 saturated carbocycles. The number of rotatable bonds is 5. The van der Waals surface area contributed by atoms with E-state index >= 15 is 0 Å². The lowest BCUT2D eigenvalue weighted by Gasteiger charge is -1.99. The summed E-state index contributed by atoms with van der Waals surface area (Å²) in [6.07, 6.45) is 1.73. The number of aromatic nitrogens is 1. The van der Waals surface area contributed by atoms with Crippen molar-refractivity contribution in [3.8, 4) is 10.6 Å². The molecule has 0 aliphatic heterocycles. The maximum absolute atomic E-state index is 11.4. The van der Waals surface area contributed by atoms with Gasteiger partial charge in [-0.2, -0.15) is 5.10 Å². The van der Waals surface area contributed by atoms with E-state index in [-0.39, 0.29) is 5.91 Å². The van der Waals surface area contributed by atoms with E-state index in [1.807, 2.05) is 47.8 Å². The molecule has 2 N–H and O–H groups in total. The number of thiazole rings is 1. The van der Waals surface area contributed by atoms with Crippen molar-refractivity contribution >= 4 is 44.9 Å². The van der Waals surface area contributed by atoms with Gasteiger partial charge in [0.2, 0.25) is 11.0 Å². The van der Waals surface area contributed by atoms with Gasteiger partial charge in [0.05, 0.1) is 11.1 Å². The Morgan fingerprint density at radius 3 is 2.74 bits per heavy atom. The first kappa shape index (κ1) is 15.4. The zero-order valence-corrected chi connectivity index (χ0v) is 13.9. The quantitative estimate of drug-likeness (QED) is 0.537. The highest BCUT2D eigenvalue weighted by Gasteiger charge is 2.14. The van der Waals surface area contributed by atoms with Crippen molar-refractivity contribution in [3.05, 3.63) is 53.4 Å². The number of carbonyl (C=O) groups excluding carboxylic acids is 1. The molecule has 3 rings (SSSR count). The Balaban J connectivity index is 1.80. The first-order valence-electron chi connectivity index (χ1n) is 6.89. The van der Waals surface area contributed by atoms with Gasteiger partial charge in [0.25, 0.3) is 0 Å². The molecule has 0 radical (unpaired) electrons. The molecular weight excluding hydrogens is 328 g/mol. The molecule has 3 aromatic rings. The molecule has 2 aromatic heterocycles. The number of carbonyl (C=O) groups is 1. The second-order valence-corrected chi connectivity index (χ2v) is 6.58. The molecule has 0 spiro atoms. The number of amides is 1. The normalized spacial score (nSPS) is 10.8. The number of benzene rings is 1. The van der Waals surface area contributed by atoms with E-state index in [1.165, 1.54) is 18.3 Å². The highest BCUT2D eigenvalue weighted by Crippen LogP contribution is 2.37. The first-order valence-corrected chi connectivity index (χ1v) is 8.58. The lowest BCUT2D eigenvalue weighted by atomic mass is 10.2. The van der Waals surface area contributed by atoms with E-state index < -0.39 is 0 Å². The van der Waals surface area contributed by atoms with Crippen LogP contribution in [0.25, 0.3) is 10.6 Å². The number of nitrogens with zero attached hydrogens (tertiary/aromatic N) is 2. The van der Waals surface area contributed by atoms with Gasteiger partial charge in [0.1, 0.15) is 10.7 Å². The number of thiophene rings is 1. The van der Waals surface area contributed by atoms with Crippen LogP contribution in [0.3, 0.4) is 0 Å². The Morgan fingerprint density at radius 2 is 2.04 bits per heavy atom. The second kappa shape index (κ2) is 7.17. The molecule has 0 atom stereocenters. The van der Waals surface area contributed by atoms with E-state index in [4.69, 9.17) is 0 Å². The summed E-state index contributed by atoms with van der Waals surface area (Å²) >= 11 is 2.94. The molecule has 7 heteroatoms. The van der Waals surface area contributed by atoms with Gasteiger partial charge in [-0.15, -0.1) is 11.3 Å². The van der Waals surface area contributed by atoms with E-state index in [2.05, 4.69) is 20.8 Å². The lowest BCUT2D eigenvalue weighted by Crippen LogP contribution is -2.04. The van der Waals surface area contributed by atoms with Crippen LogP contribution < -0.4 is 10.7 Å². The van der Waals surface area contributed by atoms with Gasteiger partial charge in [-0.05, 0) is 17.0 Å². The Labute approximate surface area is 141 Å². The van der Waals surface area contributed by atoms with Gasteiger partial charge in [-0.3, -0.25) is 10.2 Å². The fourth-order valence-electron chi connectivity index (χ4n) is 1.89. The Hall–Kier alpha value is -2.51. The zero-order chi connectivity index (χ0) is 16.1. The highest BCUT2D eigenvalue weighted by molar-refractivity contribution is 7.21. The van der Waals surface area contributed by atoms with Crippen LogP contribution in [0, 0.1) is 0 Å². The molecule has 23 heavy (non-hydrogen) atoms. The average Bonchev–Trinajstić information content (AvgIpc) is 3.17. The van der Waals surface area contributed by atoms with E-state index in [1.54, 1.807) is 17.6 Å². The first-order chi connectivity index (χ1) is 11.2. The molecule has 0 bridgehead atoms. The number of hydrogen-bond donors (Lipinski definition) is 2. The van der Waals surface area contributed by atoms with Crippen LogP contribution in [-0.4, -0.2) is 17.1 Å². The van der Waals surface area contributed by atoms with Gasteiger partial charge >= 0.3 is 0 Å². The zero-order valence-electron chi connectivity index (χ0n) is 12.3. The Morgan fingerprint density at radius 1 is 1.22 bits per heavy atom. The van der Waals surface area contributed by atoms with E-state index in [0.29, 0.717) is 5.13 Å². The number of anilines is 2. The van der Waals surface area contributed by atoms with Crippen LogP contribution in [0.4, 0.5) is 10.1 Å². The van der Waals surface area contributed by atoms with E-state index in [0.717, 1.165) is 21.1 Å². The topological polar surface area (TPSA) is 66.4 Å². The van der Waals surface area contributed by atoms with Crippen LogP contribution >= 0.6 is 22.7 Å². The fourth-order valence-corrected chi connectivity index (χ4v) is 3.55. The minimum absolute atomic E-state index is 0.120. The number of hydrogen-bond acceptors (Lipinski definition) is 6. The van der Waals surface area contributed by atoms with Crippen molar-refractivity contribution in [2.45, 2.75) is 6.92 Å². The fraction of sp³-hybridized carbons (Fsp3) is 0.0625. The summed E-state index contributed by atoms with van der Waals surface area (Å²) in [7, 11) is 0. The molecule has 1 aromatic carbocycles. The van der Waals surface area contributed by atoms with E-state index in [9.17, 15) is 4.79 Å². The van der Waals surface area contributed by atoms with Crippen LogP contribution in [0.15, 0.2) is 52.9 Å². The second-order valence-electron chi connectivity index (χ2n) is 4.64. The van der Waals surface area contributed by atoms with Crippen molar-refractivity contribution in [1.29, 1.82) is 0 Å². The van der Waals surface area contributed by atoms with Crippen LogP contribution in [0.2, 0.25) is 0 Å². The maximum atomic E-state index is 11.4. The standard InChI is InChI=1S/C16H14N4OS2/c1-11(21)18-15-14(13-8-5-9-22-13)19-16(23-15)20-17-10-12-6-3-2-4-7-12/h2-10H,1H3,(H,18,21)(H,19,20). The summed E-state index contributed by atoms with van der Waals surface area (Å²) in [5, 5.41) is 10.3. The molecule has 0 unspecified atom stereocenters. The van der Waals surface area contributed by atoms with Gasteiger partial charge < -0.3 is 5.32 Å². The summed E-state index contributed by atoms with van der Waals surface area (Å²) in [6.45, 7) is 1.48. The molecule has 0 aliphatic carbocycles. The molecule has 0 saturated heterocycles. The van der Waals surface area contributed by atoms with Gasteiger partial charge in [0.15, 0.2) is 0 Å². The highest BCUT2D eigenvalue weighted by atomic mass is 32.1. The Bertz CT molecular complexity index is 810. The van der Waals surface area contributed by atoms with Crippen molar-refractivity contribution in [2.24, 2.45) is 5.10 Å². The van der Waals surface area contributed by atoms with Gasteiger partial charge in [0, 0.05) is 6.92 Å². The minimum atomic E-state index is -0.120. The average molecular weight is 342 g/mol. The summed E-state index contributed by atoms with van der Waals surface area (Å²) in [6, 6.07) is 13.7. The smallest absolute Gasteiger partial charge is 0.221 e. The van der Waals surface area contributed by atoms with Crippen LogP contribution in [0.1, 0.15) is 12.5 Å². The summed E-state index contributed by atoms with van der Waals surface area (Å²) < 4.78 is 0. The summed E-state index contributed by atoms with van der Waals surface area (Å²) in [5.41, 5.74) is 4.68. The molecule has 5 nitrogen and oxygen atoms in total. The van der Waals surface area contributed by atoms with Crippen molar-refractivity contribution in [1.82, 2.24) is 4.98 Å². The van der Waals surface area contributed by atoms with Crippen LogP contribution in [-0.2, 0) is 4.79 Å². The number of nitrogens with one attached hydrogen (secondary N) is 2. The predicted octanol–water partition coefficient (Wildman–Crippen LogP) is 4.28. The Kier molecular flexibility index (Phi) is 4.80. The third kappa shape index (κ3) is 4.02. The largest absolute Gasteiger partial charge is 0.316 e. The summed E-state index contributed by atoms with van der Waals surface area (Å²) in [4.78, 5) is 16.9. The molecule has 1 amide bonds. The molecule has 2 heterocycles. The predicted molar refractivity (Wildman–Crippen MR) is 97.4 cm³/mol. The van der Waals surface area contributed by atoms with Crippen LogP contribution in [0.5, 0.6) is 0 Å². The number of hydrazone groups is 1. The third-order valence-electron chi connectivity index (χ3n) is 2.84. The van der Waals surface area contributed by atoms with Gasteiger partial charge in [-0.1, -0.05) is 47.7 Å².